The van der Waals surface area contributed by atoms with E-state index >= 15 is 0 Å². The largest absolute Gasteiger partial charge is 0.379 e. The van der Waals surface area contributed by atoms with Crippen molar-refractivity contribution in [3.63, 3.8) is 0 Å². The minimum Gasteiger partial charge on any atom is -0.379 e. The van der Waals surface area contributed by atoms with E-state index in [9.17, 15) is 5.11 Å². The summed E-state index contributed by atoms with van der Waals surface area (Å²) >= 11 is 3.07. The molecule has 0 radical (unpaired) electrons. The third-order valence-corrected chi connectivity index (χ3v) is 4.41. The number of hydrogen-bond donors (Lipinski definition) is 1. The summed E-state index contributed by atoms with van der Waals surface area (Å²) in [6, 6.07) is 3.90. The number of thiazole rings is 1. The van der Waals surface area contributed by atoms with Crippen molar-refractivity contribution in [3.05, 3.63) is 38.5 Å². The Labute approximate surface area is 90.9 Å². The van der Waals surface area contributed by atoms with Crippen LogP contribution in [-0.2, 0) is 5.60 Å². The van der Waals surface area contributed by atoms with Gasteiger partial charge in [0.25, 0.3) is 0 Å². The number of nitrogens with zero attached hydrogens (tertiary/aromatic N) is 1. The van der Waals surface area contributed by atoms with Crippen LogP contribution in [0.1, 0.15) is 22.4 Å². The molecule has 0 aliphatic heterocycles. The minimum atomic E-state index is -0.889. The van der Waals surface area contributed by atoms with Gasteiger partial charge in [-0.3, -0.25) is 0 Å². The fraction of sp³-hybridized carbons (Fsp3) is 0.300. The Balaban J connectivity index is 2.48. The molecule has 2 aromatic heterocycles. The molecule has 2 heterocycles. The van der Waals surface area contributed by atoms with Crippen LogP contribution in [0.5, 0.6) is 0 Å². The van der Waals surface area contributed by atoms with Gasteiger partial charge in [0.15, 0.2) is 0 Å². The normalized spacial score (nSPS) is 15.4. The zero-order valence-electron chi connectivity index (χ0n) is 8.02. The van der Waals surface area contributed by atoms with E-state index in [1.54, 1.807) is 16.8 Å². The van der Waals surface area contributed by atoms with Gasteiger partial charge < -0.3 is 5.11 Å². The first-order valence-electron chi connectivity index (χ1n) is 4.29. The van der Waals surface area contributed by atoms with E-state index in [0.717, 1.165) is 15.4 Å². The summed E-state index contributed by atoms with van der Waals surface area (Å²) in [6.45, 7) is 3.74. The first kappa shape index (κ1) is 9.83. The average molecular weight is 225 g/mol. The Morgan fingerprint density at radius 2 is 2.21 bits per heavy atom. The molecule has 0 spiro atoms. The van der Waals surface area contributed by atoms with Crippen molar-refractivity contribution in [1.29, 1.82) is 0 Å². The maximum Gasteiger partial charge on any atom is 0.132 e. The molecule has 0 fully saturated rings. The van der Waals surface area contributed by atoms with Gasteiger partial charge in [-0.2, -0.15) is 0 Å². The van der Waals surface area contributed by atoms with Crippen LogP contribution in [-0.4, -0.2) is 10.1 Å². The Kier molecular flexibility index (Phi) is 2.43. The second kappa shape index (κ2) is 3.46. The average Bonchev–Trinajstić information content (AvgIpc) is 2.72. The third kappa shape index (κ3) is 1.49. The van der Waals surface area contributed by atoms with Crippen molar-refractivity contribution in [2.24, 2.45) is 0 Å². The molecule has 1 unspecified atom stereocenters. The van der Waals surface area contributed by atoms with Gasteiger partial charge in [0, 0.05) is 4.88 Å². The molecule has 1 N–H and O–H groups in total. The van der Waals surface area contributed by atoms with Crippen molar-refractivity contribution in [2.75, 3.05) is 0 Å². The van der Waals surface area contributed by atoms with Gasteiger partial charge >= 0.3 is 0 Å². The lowest BCUT2D eigenvalue weighted by atomic mass is 10.0. The van der Waals surface area contributed by atoms with Crippen LogP contribution in [0.4, 0.5) is 0 Å². The van der Waals surface area contributed by atoms with E-state index < -0.39 is 5.60 Å². The molecule has 0 saturated carbocycles. The zero-order valence-corrected chi connectivity index (χ0v) is 9.65. The maximum absolute atomic E-state index is 10.4. The summed E-state index contributed by atoms with van der Waals surface area (Å²) in [5.74, 6) is 0. The predicted octanol–water partition coefficient (Wildman–Crippen LogP) is 2.77. The van der Waals surface area contributed by atoms with Crippen LogP contribution in [0.3, 0.4) is 0 Å². The topological polar surface area (TPSA) is 33.1 Å². The smallest absolute Gasteiger partial charge is 0.132 e. The van der Waals surface area contributed by atoms with Gasteiger partial charge in [-0.05, 0) is 25.3 Å². The van der Waals surface area contributed by atoms with Crippen molar-refractivity contribution in [3.8, 4) is 0 Å². The van der Waals surface area contributed by atoms with Crippen LogP contribution < -0.4 is 0 Å². The van der Waals surface area contributed by atoms with Crippen molar-refractivity contribution >= 4 is 22.7 Å². The van der Waals surface area contributed by atoms with E-state index in [4.69, 9.17) is 0 Å². The molecule has 2 nitrogen and oxygen atoms in total. The van der Waals surface area contributed by atoms with Gasteiger partial charge in [0.1, 0.15) is 5.60 Å². The van der Waals surface area contributed by atoms with E-state index in [0.29, 0.717) is 0 Å². The summed E-state index contributed by atoms with van der Waals surface area (Å²) in [5, 5.41) is 12.4. The van der Waals surface area contributed by atoms with E-state index in [-0.39, 0.29) is 0 Å². The third-order valence-electron chi connectivity index (χ3n) is 2.19. The molecule has 0 aliphatic rings. The Morgan fingerprint density at radius 3 is 2.71 bits per heavy atom. The number of hydrogen-bond acceptors (Lipinski definition) is 4. The number of rotatable bonds is 2. The number of aliphatic hydroxyl groups is 1. The molecule has 0 amide bonds. The highest BCUT2D eigenvalue weighted by Gasteiger charge is 2.30. The van der Waals surface area contributed by atoms with Crippen molar-refractivity contribution < 1.29 is 5.11 Å². The lowest BCUT2D eigenvalue weighted by molar-refractivity contribution is 0.109. The molecular weight excluding hydrogens is 214 g/mol. The molecule has 0 aliphatic carbocycles. The van der Waals surface area contributed by atoms with Crippen LogP contribution >= 0.6 is 22.7 Å². The molecule has 2 rings (SSSR count). The predicted molar refractivity (Wildman–Crippen MR) is 59.8 cm³/mol. The van der Waals surface area contributed by atoms with Crippen LogP contribution in [0.2, 0.25) is 0 Å². The lowest BCUT2D eigenvalue weighted by Crippen LogP contribution is -2.20. The van der Waals surface area contributed by atoms with Crippen LogP contribution in [0.25, 0.3) is 0 Å². The Morgan fingerprint density at radius 1 is 1.43 bits per heavy atom. The molecule has 14 heavy (non-hydrogen) atoms. The van der Waals surface area contributed by atoms with Gasteiger partial charge in [-0.1, -0.05) is 6.07 Å². The second-order valence-electron chi connectivity index (χ2n) is 3.32. The molecular formula is C10H11NOS2. The van der Waals surface area contributed by atoms with Crippen molar-refractivity contribution in [2.45, 2.75) is 19.4 Å². The quantitative estimate of drug-likeness (QED) is 0.852. The Hall–Kier alpha value is -0.710. The molecule has 0 aromatic carbocycles. The molecule has 74 valence electrons. The number of aryl methyl sites for hydroxylation is 1. The number of thiophene rings is 1. The highest BCUT2D eigenvalue weighted by atomic mass is 32.1. The van der Waals surface area contributed by atoms with E-state index in [2.05, 4.69) is 4.98 Å². The minimum absolute atomic E-state index is 0.889. The van der Waals surface area contributed by atoms with Gasteiger partial charge in [0.05, 0.1) is 16.1 Å². The first-order valence-corrected chi connectivity index (χ1v) is 6.05. The first-order chi connectivity index (χ1) is 6.62. The van der Waals surface area contributed by atoms with Crippen molar-refractivity contribution in [1.82, 2.24) is 4.98 Å². The SMILES string of the molecule is Cc1ncsc1C(C)(O)c1cccs1. The van der Waals surface area contributed by atoms with Gasteiger partial charge in [-0.15, -0.1) is 22.7 Å². The Bertz CT molecular complexity index is 417. The van der Waals surface area contributed by atoms with Gasteiger partial charge in [0.2, 0.25) is 0 Å². The van der Waals surface area contributed by atoms with Crippen LogP contribution in [0.15, 0.2) is 23.0 Å². The van der Waals surface area contributed by atoms with Gasteiger partial charge in [-0.25, -0.2) is 4.98 Å². The van der Waals surface area contributed by atoms with Crippen LogP contribution in [0, 0.1) is 6.92 Å². The molecule has 2 aromatic rings. The molecule has 1 atom stereocenters. The maximum atomic E-state index is 10.4. The summed E-state index contributed by atoms with van der Waals surface area (Å²) in [6.07, 6.45) is 0. The van der Waals surface area contributed by atoms with E-state index in [1.165, 1.54) is 11.3 Å². The monoisotopic (exact) mass is 225 g/mol. The summed E-state index contributed by atoms with van der Waals surface area (Å²) in [7, 11) is 0. The highest BCUT2D eigenvalue weighted by Crippen LogP contribution is 2.35. The molecule has 4 heteroatoms. The van der Waals surface area contributed by atoms with E-state index in [1.807, 2.05) is 31.4 Å². The second-order valence-corrected chi connectivity index (χ2v) is 5.12. The summed E-state index contributed by atoms with van der Waals surface area (Å²) in [4.78, 5) is 6.05. The number of aromatic nitrogens is 1. The fourth-order valence-electron chi connectivity index (χ4n) is 1.44. The summed E-state index contributed by atoms with van der Waals surface area (Å²) in [5.41, 5.74) is 1.79. The molecule has 0 bridgehead atoms. The lowest BCUT2D eigenvalue weighted by Gasteiger charge is -2.20. The zero-order chi connectivity index (χ0) is 10.2. The fourth-order valence-corrected chi connectivity index (χ4v) is 3.17. The highest BCUT2D eigenvalue weighted by molar-refractivity contribution is 7.11. The standard InChI is InChI=1S/C10H11NOS2/c1-7-9(14-6-11-7)10(2,12)8-4-3-5-13-8/h3-6,12H,1-2H3. The molecule has 0 saturated heterocycles. The summed E-state index contributed by atoms with van der Waals surface area (Å²) < 4.78 is 0.